The van der Waals surface area contributed by atoms with Crippen molar-refractivity contribution in [2.24, 2.45) is 5.92 Å². The first kappa shape index (κ1) is 31.1. The lowest BCUT2D eigenvalue weighted by molar-refractivity contribution is -0.0110. The van der Waals surface area contributed by atoms with Gasteiger partial charge in [0.1, 0.15) is 0 Å². The molecule has 1 atom stereocenters. The Kier molecular flexibility index (Phi) is 11.3. The summed E-state index contributed by atoms with van der Waals surface area (Å²) in [7, 11) is 0. The normalized spacial score (nSPS) is 14.3. The van der Waals surface area contributed by atoms with E-state index in [1.54, 1.807) is 23.5 Å². The number of furan rings is 1. The van der Waals surface area contributed by atoms with Crippen LogP contribution in [0.4, 0.5) is 0 Å². The zero-order valence-electron chi connectivity index (χ0n) is 22.6. The molecule has 0 saturated heterocycles. The van der Waals surface area contributed by atoms with E-state index in [0.717, 1.165) is 6.42 Å². The summed E-state index contributed by atoms with van der Waals surface area (Å²) in [6.45, 7) is 22.0. The maximum absolute atomic E-state index is 13.3. The predicted molar refractivity (Wildman–Crippen MR) is 143 cm³/mol. The van der Waals surface area contributed by atoms with Crippen LogP contribution in [0.2, 0.25) is 0 Å². The Hall–Kier alpha value is -0.960. The molecular formula is C26H44O6S2. The van der Waals surface area contributed by atoms with E-state index in [1.807, 2.05) is 41.5 Å². The Morgan fingerprint density at radius 1 is 0.853 bits per heavy atom. The van der Waals surface area contributed by atoms with Crippen molar-refractivity contribution >= 4 is 35.3 Å². The molecule has 1 heterocycles. The van der Waals surface area contributed by atoms with Gasteiger partial charge in [0.05, 0.1) is 17.8 Å². The molecule has 0 aliphatic heterocycles. The Labute approximate surface area is 214 Å². The molecule has 1 aromatic heterocycles. The third-order valence-electron chi connectivity index (χ3n) is 4.87. The van der Waals surface area contributed by atoms with Gasteiger partial charge in [-0.05, 0) is 73.9 Å². The summed E-state index contributed by atoms with van der Waals surface area (Å²) in [6, 6.07) is 2.80. The Morgan fingerprint density at radius 2 is 1.35 bits per heavy atom. The fourth-order valence-corrected chi connectivity index (χ4v) is 5.11. The molecule has 1 unspecified atom stereocenters. The van der Waals surface area contributed by atoms with Crippen LogP contribution in [0.25, 0.3) is 0 Å². The predicted octanol–water partition coefficient (Wildman–Crippen LogP) is 6.82. The molecule has 0 saturated carbocycles. The van der Waals surface area contributed by atoms with Crippen LogP contribution in [0, 0.1) is 5.92 Å². The van der Waals surface area contributed by atoms with Crippen LogP contribution < -0.4 is 0 Å². The molecule has 0 aromatic carbocycles. The number of carbonyl (C=O) groups excluding carboxylic acids is 1. The number of thioether (sulfide) groups is 2. The van der Waals surface area contributed by atoms with Gasteiger partial charge in [-0.15, -0.1) is 0 Å². The molecule has 0 spiro atoms. The maximum atomic E-state index is 13.3. The Balaban J connectivity index is 2.89. The smallest absolute Gasteiger partial charge is 0.371 e. The Morgan fingerprint density at radius 3 is 1.82 bits per heavy atom. The van der Waals surface area contributed by atoms with Gasteiger partial charge in [-0.2, -0.15) is 23.5 Å². The molecule has 0 aliphatic rings. The van der Waals surface area contributed by atoms with E-state index >= 15 is 0 Å². The summed E-state index contributed by atoms with van der Waals surface area (Å²) >= 11 is 3.43. The van der Waals surface area contributed by atoms with Gasteiger partial charge < -0.3 is 19.0 Å². The van der Waals surface area contributed by atoms with Crippen LogP contribution in [-0.4, -0.2) is 62.3 Å². The zero-order chi connectivity index (χ0) is 26.4. The number of carbonyl (C=O) groups is 2. The van der Waals surface area contributed by atoms with E-state index in [2.05, 4.69) is 27.7 Å². The second kappa shape index (κ2) is 12.3. The highest BCUT2D eigenvalue weighted by molar-refractivity contribution is 8.01. The van der Waals surface area contributed by atoms with Crippen LogP contribution >= 0.6 is 23.5 Å². The highest BCUT2D eigenvalue weighted by atomic mass is 32.2. The minimum absolute atomic E-state index is 0.0747. The number of aromatic carboxylic acids is 1. The molecule has 196 valence electrons. The summed E-state index contributed by atoms with van der Waals surface area (Å²) in [4.78, 5) is 24.5. The van der Waals surface area contributed by atoms with E-state index in [1.165, 1.54) is 12.1 Å². The molecule has 8 heteroatoms. The van der Waals surface area contributed by atoms with Crippen molar-refractivity contribution in [1.29, 1.82) is 0 Å². The van der Waals surface area contributed by atoms with Crippen molar-refractivity contribution < 1.29 is 28.6 Å². The SMILES string of the molecule is CC(C)(C)OCCC(C)(C)SCC(CSC(C)(C)COC(C)(C)C)C(=O)c1ccc(C(=O)O)o1. The lowest BCUT2D eigenvalue weighted by Crippen LogP contribution is -2.32. The molecule has 0 aliphatic carbocycles. The van der Waals surface area contributed by atoms with Crippen LogP contribution in [-0.2, 0) is 9.47 Å². The number of Topliss-reactive ketones (excluding diaryl/α,β-unsaturated/α-hetero) is 1. The fraction of sp³-hybridized carbons (Fsp3) is 0.769. The number of ether oxygens (including phenoxy) is 2. The van der Waals surface area contributed by atoms with E-state index in [9.17, 15) is 9.59 Å². The van der Waals surface area contributed by atoms with Crippen LogP contribution in [0.15, 0.2) is 16.5 Å². The standard InChI is InChI=1S/C26H44O6S2/c1-23(2,3)30-14-13-25(7,8)33-15-18(16-34-26(9,10)17-31-24(4,5)6)21(27)19-11-12-20(32-19)22(28)29/h11-12,18H,13-17H2,1-10H3,(H,28,29). The monoisotopic (exact) mass is 516 g/mol. The number of ketones is 1. The molecule has 0 fully saturated rings. The highest BCUT2D eigenvalue weighted by Gasteiger charge is 2.31. The molecule has 0 radical (unpaired) electrons. The third-order valence-corrected chi connectivity index (χ3v) is 7.90. The minimum atomic E-state index is -1.18. The first-order valence-corrected chi connectivity index (χ1v) is 13.7. The van der Waals surface area contributed by atoms with Crippen molar-refractivity contribution in [1.82, 2.24) is 0 Å². The van der Waals surface area contributed by atoms with Crippen LogP contribution in [0.3, 0.4) is 0 Å². The van der Waals surface area contributed by atoms with E-state index in [4.69, 9.17) is 19.0 Å². The van der Waals surface area contributed by atoms with Gasteiger partial charge in [-0.1, -0.05) is 13.8 Å². The first-order chi connectivity index (χ1) is 15.3. The lowest BCUT2D eigenvalue weighted by Gasteiger charge is -2.31. The number of hydrogen-bond donors (Lipinski definition) is 1. The number of rotatable bonds is 14. The summed E-state index contributed by atoms with van der Waals surface area (Å²) < 4.78 is 17.0. The van der Waals surface area contributed by atoms with E-state index in [-0.39, 0.29) is 43.9 Å². The summed E-state index contributed by atoms with van der Waals surface area (Å²) in [5, 5.41) is 9.16. The zero-order valence-corrected chi connectivity index (χ0v) is 24.2. The molecular weight excluding hydrogens is 472 g/mol. The van der Waals surface area contributed by atoms with Crippen molar-refractivity contribution in [2.75, 3.05) is 24.7 Å². The van der Waals surface area contributed by atoms with Gasteiger partial charge >= 0.3 is 5.97 Å². The average Bonchev–Trinajstić information content (AvgIpc) is 3.15. The number of carboxylic acids is 1. The van der Waals surface area contributed by atoms with Gasteiger partial charge in [0.15, 0.2) is 5.76 Å². The largest absolute Gasteiger partial charge is 0.475 e. The molecule has 1 aromatic rings. The van der Waals surface area contributed by atoms with Crippen molar-refractivity contribution in [3.8, 4) is 0 Å². The molecule has 0 amide bonds. The topological polar surface area (TPSA) is 86.0 Å². The quantitative estimate of drug-likeness (QED) is 0.270. The van der Waals surface area contributed by atoms with Gasteiger partial charge in [0.25, 0.3) is 0 Å². The number of hydrogen-bond acceptors (Lipinski definition) is 7. The van der Waals surface area contributed by atoms with Crippen LogP contribution in [0.5, 0.6) is 0 Å². The van der Waals surface area contributed by atoms with Crippen LogP contribution in [0.1, 0.15) is 96.8 Å². The molecule has 1 N–H and O–H groups in total. The van der Waals surface area contributed by atoms with Gasteiger partial charge in [0.2, 0.25) is 11.5 Å². The second-order valence-electron chi connectivity index (χ2n) is 11.8. The minimum Gasteiger partial charge on any atom is -0.475 e. The lowest BCUT2D eigenvalue weighted by atomic mass is 10.1. The molecule has 0 bridgehead atoms. The Bertz CT molecular complexity index is 799. The van der Waals surface area contributed by atoms with E-state index < -0.39 is 5.97 Å². The third kappa shape index (κ3) is 12.7. The van der Waals surface area contributed by atoms with Gasteiger partial charge in [0, 0.05) is 33.5 Å². The fourth-order valence-electron chi connectivity index (χ4n) is 2.75. The summed E-state index contributed by atoms with van der Waals surface area (Å²) in [5.74, 6) is -0.596. The van der Waals surface area contributed by atoms with Crippen molar-refractivity contribution in [3.63, 3.8) is 0 Å². The van der Waals surface area contributed by atoms with Crippen molar-refractivity contribution in [2.45, 2.75) is 96.4 Å². The number of carboxylic acid groups (broad SMARTS) is 1. The first-order valence-electron chi connectivity index (χ1n) is 11.7. The van der Waals surface area contributed by atoms with Crippen molar-refractivity contribution in [3.05, 3.63) is 23.7 Å². The molecule has 34 heavy (non-hydrogen) atoms. The van der Waals surface area contributed by atoms with E-state index in [0.29, 0.717) is 24.7 Å². The summed E-state index contributed by atoms with van der Waals surface area (Å²) in [5.41, 5.74) is -0.415. The second-order valence-corrected chi connectivity index (χ2v) is 15.2. The molecule has 1 rings (SSSR count). The molecule has 6 nitrogen and oxygen atoms in total. The van der Waals surface area contributed by atoms with Gasteiger partial charge in [-0.3, -0.25) is 4.79 Å². The average molecular weight is 517 g/mol. The maximum Gasteiger partial charge on any atom is 0.371 e. The van der Waals surface area contributed by atoms with Gasteiger partial charge in [-0.25, -0.2) is 4.79 Å². The summed E-state index contributed by atoms with van der Waals surface area (Å²) in [6.07, 6.45) is 0.859. The highest BCUT2D eigenvalue weighted by Crippen LogP contribution is 2.35.